The van der Waals surface area contributed by atoms with E-state index in [4.69, 9.17) is 4.74 Å². The summed E-state index contributed by atoms with van der Waals surface area (Å²) in [5.41, 5.74) is 0. The number of piperidine rings is 1. The van der Waals surface area contributed by atoms with E-state index in [1.54, 1.807) is 7.05 Å². The van der Waals surface area contributed by atoms with Crippen molar-refractivity contribution in [1.82, 2.24) is 10.2 Å². The molecule has 0 saturated carbocycles. The molecule has 1 amide bonds. The second-order valence-electron chi connectivity index (χ2n) is 4.80. The number of aliphatic hydroxyl groups excluding tert-OH is 1. The van der Waals surface area contributed by atoms with Crippen molar-refractivity contribution in [3.05, 3.63) is 0 Å². The van der Waals surface area contributed by atoms with Crippen molar-refractivity contribution in [1.29, 1.82) is 0 Å². The third-order valence-electron chi connectivity index (χ3n) is 3.74. The van der Waals surface area contributed by atoms with Gasteiger partial charge in [-0.25, -0.2) is 4.79 Å². The molecule has 6 nitrogen and oxygen atoms in total. The van der Waals surface area contributed by atoms with Gasteiger partial charge in [-0.05, 0) is 32.7 Å². The lowest BCUT2D eigenvalue weighted by atomic mass is 9.94. The standard InChI is InChI=1S/C13H24N2O4/c1-4-10(14-2)12(17)15-9(8-16)6-5-7-11(15)13(18)19-3/h9-11,14,16H,4-8H2,1-3H3. The van der Waals surface area contributed by atoms with Crippen molar-refractivity contribution in [2.45, 2.75) is 50.7 Å². The van der Waals surface area contributed by atoms with E-state index in [2.05, 4.69) is 5.32 Å². The first-order valence-electron chi connectivity index (χ1n) is 6.78. The largest absolute Gasteiger partial charge is 0.467 e. The molecule has 19 heavy (non-hydrogen) atoms. The van der Waals surface area contributed by atoms with Gasteiger partial charge in [0.25, 0.3) is 0 Å². The molecule has 1 aliphatic rings. The molecule has 0 radical (unpaired) electrons. The number of methoxy groups -OCH3 is 1. The minimum Gasteiger partial charge on any atom is -0.467 e. The zero-order valence-corrected chi connectivity index (χ0v) is 11.9. The lowest BCUT2D eigenvalue weighted by molar-refractivity contribution is -0.159. The van der Waals surface area contributed by atoms with Crippen LogP contribution in [0.3, 0.4) is 0 Å². The average Bonchev–Trinajstić information content (AvgIpc) is 2.46. The molecule has 0 aliphatic carbocycles. The average molecular weight is 272 g/mol. The summed E-state index contributed by atoms with van der Waals surface area (Å²) < 4.78 is 4.78. The smallest absolute Gasteiger partial charge is 0.328 e. The number of likely N-dealkylation sites (N-methyl/N-ethyl adjacent to an activating group) is 1. The van der Waals surface area contributed by atoms with E-state index >= 15 is 0 Å². The summed E-state index contributed by atoms with van der Waals surface area (Å²) in [6, 6.07) is -1.21. The minimum atomic E-state index is -0.578. The molecule has 0 aromatic carbocycles. The molecule has 1 fully saturated rings. The number of hydrogen-bond donors (Lipinski definition) is 2. The van der Waals surface area contributed by atoms with E-state index in [0.29, 0.717) is 12.8 Å². The Hall–Kier alpha value is -1.14. The van der Waals surface area contributed by atoms with Gasteiger partial charge in [0.15, 0.2) is 0 Å². The first kappa shape index (κ1) is 15.9. The fraction of sp³-hybridized carbons (Fsp3) is 0.846. The topological polar surface area (TPSA) is 78.9 Å². The van der Waals surface area contributed by atoms with Gasteiger partial charge in [-0.1, -0.05) is 6.92 Å². The Morgan fingerprint density at radius 1 is 1.47 bits per heavy atom. The number of likely N-dealkylation sites (tertiary alicyclic amines) is 1. The van der Waals surface area contributed by atoms with Crippen LogP contribution in [-0.2, 0) is 14.3 Å². The van der Waals surface area contributed by atoms with Gasteiger partial charge in [0, 0.05) is 0 Å². The maximum Gasteiger partial charge on any atom is 0.328 e. The van der Waals surface area contributed by atoms with Gasteiger partial charge in [0.1, 0.15) is 6.04 Å². The van der Waals surface area contributed by atoms with E-state index in [1.807, 2.05) is 6.92 Å². The summed E-state index contributed by atoms with van der Waals surface area (Å²) in [6.45, 7) is 1.78. The van der Waals surface area contributed by atoms with E-state index in [9.17, 15) is 14.7 Å². The summed E-state index contributed by atoms with van der Waals surface area (Å²) in [7, 11) is 3.04. The monoisotopic (exact) mass is 272 g/mol. The quantitative estimate of drug-likeness (QED) is 0.683. The van der Waals surface area contributed by atoms with Crippen LogP contribution < -0.4 is 5.32 Å². The van der Waals surface area contributed by atoms with Crippen molar-refractivity contribution >= 4 is 11.9 Å². The molecule has 0 aromatic rings. The Labute approximate surface area is 114 Å². The fourth-order valence-corrected chi connectivity index (χ4v) is 2.64. The van der Waals surface area contributed by atoms with Crippen LogP contribution in [0.5, 0.6) is 0 Å². The van der Waals surface area contributed by atoms with Crippen molar-refractivity contribution in [3.63, 3.8) is 0 Å². The van der Waals surface area contributed by atoms with Crippen LogP contribution in [0.2, 0.25) is 0 Å². The van der Waals surface area contributed by atoms with Crippen molar-refractivity contribution in [2.75, 3.05) is 20.8 Å². The third kappa shape index (κ3) is 3.45. The Kier molecular flexibility index (Phi) is 6.24. The fourth-order valence-electron chi connectivity index (χ4n) is 2.64. The van der Waals surface area contributed by atoms with Crippen LogP contribution in [0.15, 0.2) is 0 Å². The van der Waals surface area contributed by atoms with Crippen LogP contribution in [0.1, 0.15) is 32.6 Å². The van der Waals surface area contributed by atoms with E-state index in [1.165, 1.54) is 12.0 Å². The molecule has 2 N–H and O–H groups in total. The molecule has 1 rings (SSSR count). The van der Waals surface area contributed by atoms with Crippen LogP contribution >= 0.6 is 0 Å². The molecule has 6 heteroatoms. The minimum absolute atomic E-state index is 0.126. The summed E-state index contributed by atoms with van der Waals surface area (Å²) >= 11 is 0. The second-order valence-corrected chi connectivity index (χ2v) is 4.80. The molecular weight excluding hydrogens is 248 g/mol. The molecule has 0 bridgehead atoms. The van der Waals surface area contributed by atoms with Gasteiger partial charge in [-0.15, -0.1) is 0 Å². The summed E-state index contributed by atoms with van der Waals surface area (Å²) in [6.07, 6.45) is 2.76. The molecule has 0 spiro atoms. The predicted octanol–water partition coefficient (Wildman–Crippen LogP) is -0.101. The first-order valence-corrected chi connectivity index (χ1v) is 6.78. The highest BCUT2D eigenvalue weighted by Crippen LogP contribution is 2.25. The Morgan fingerprint density at radius 2 is 2.16 bits per heavy atom. The molecule has 3 unspecified atom stereocenters. The number of ether oxygens (including phenoxy) is 1. The lowest BCUT2D eigenvalue weighted by Gasteiger charge is -2.41. The van der Waals surface area contributed by atoms with Gasteiger partial charge < -0.3 is 20.1 Å². The lowest BCUT2D eigenvalue weighted by Crippen LogP contribution is -2.59. The number of carbonyl (C=O) groups excluding carboxylic acids is 2. The zero-order chi connectivity index (χ0) is 14.4. The number of carbonyl (C=O) groups is 2. The van der Waals surface area contributed by atoms with E-state index in [0.717, 1.165) is 12.8 Å². The van der Waals surface area contributed by atoms with E-state index in [-0.39, 0.29) is 24.6 Å². The molecule has 1 heterocycles. The van der Waals surface area contributed by atoms with Crippen LogP contribution in [0.4, 0.5) is 0 Å². The molecule has 1 aliphatic heterocycles. The van der Waals surface area contributed by atoms with Crippen molar-refractivity contribution in [2.24, 2.45) is 0 Å². The first-order chi connectivity index (χ1) is 9.10. The number of esters is 1. The Morgan fingerprint density at radius 3 is 2.63 bits per heavy atom. The van der Waals surface area contributed by atoms with Gasteiger partial charge >= 0.3 is 5.97 Å². The van der Waals surface area contributed by atoms with Crippen LogP contribution in [0.25, 0.3) is 0 Å². The van der Waals surface area contributed by atoms with E-state index < -0.39 is 12.0 Å². The summed E-state index contributed by atoms with van der Waals surface area (Å²) in [5, 5.41) is 12.4. The Bertz CT molecular complexity index is 318. The maximum absolute atomic E-state index is 12.5. The van der Waals surface area contributed by atoms with Crippen molar-refractivity contribution < 1.29 is 19.4 Å². The van der Waals surface area contributed by atoms with Crippen molar-refractivity contribution in [3.8, 4) is 0 Å². The SMILES string of the molecule is CCC(NC)C(=O)N1C(CO)CCCC1C(=O)OC. The predicted molar refractivity (Wildman–Crippen MR) is 70.5 cm³/mol. The number of rotatable bonds is 5. The third-order valence-corrected chi connectivity index (χ3v) is 3.74. The van der Waals surface area contributed by atoms with Gasteiger partial charge in [0.2, 0.25) is 5.91 Å². The molecule has 3 atom stereocenters. The summed E-state index contributed by atoms with van der Waals surface area (Å²) in [4.78, 5) is 25.8. The number of aliphatic hydroxyl groups is 1. The highest BCUT2D eigenvalue weighted by molar-refractivity contribution is 5.88. The maximum atomic E-state index is 12.5. The van der Waals surface area contributed by atoms with Crippen LogP contribution in [0, 0.1) is 0 Å². The normalized spacial score (nSPS) is 24.9. The van der Waals surface area contributed by atoms with Gasteiger partial charge in [-0.3, -0.25) is 4.79 Å². The zero-order valence-electron chi connectivity index (χ0n) is 11.9. The highest BCUT2D eigenvalue weighted by Gasteiger charge is 2.40. The summed E-state index contributed by atoms with van der Waals surface area (Å²) in [5.74, 6) is -0.545. The number of nitrogens with one attached hydrogen (secondary N) is 1. The highest BCUT2D eigenvalue weighted by atomic mass is 16.5. The van der Waals surface area contributed by atoms with Crippen LogP contribution in [-0.4, -0.2) is 60.8 Å². The van der Waals surface area contributed by atoms with Gasteiger partial charge in [-0.2, -0.15) is 0 Å². The molecule has 0 aromatic heterocycles. The Balaban J connectivity index is 2.97. The number of hydrogen-bond acceptors (Lipinski definition) is 5. The van der Waals surface area contributed by atoms with Gasteiger partial charge in [0.05, 0.1) is 25.8 Å². The molecular formula is C13H24N2O4. The molecule has 110 valence electrons. The number of nitrogens with zero attached hydrogens (tertiary/aromatic N) is 1. The molecule has 1 saturated heterocycles. The second kappa shape index (κ2) is 7.45. The number of amides is 1.